The van der Waals surface area contributed by atoms with E-state index in [0.717, 1.165) is 5.69 Å². The van der Waals surface area contributed by atoms with E-state index in [0.29, 0.717) is 18.9 Å². The molecule has 1 aliphatic rings. The van der Waals surface area contributed by atoms with Crippen LogP contribution in [0.4, 0.5) is 16.3 Å². The predicted octanol–water partition coefficient (Wildman–Crippen LogP) is 2.27. The molecule has 3 N–H and O–H groups in total. The minimum atomic E-state index is -0.850. The molecule has 1 aliphatic heterocycles. The number of anilines is 2. The fourth-order valence-corrected chi connectivity index (χ4v) is 3.33. The van der Waals surface area contributed by atoms with Gasteiger partial charge in [0.2, 0.25) is 0 Å². The Labute approximate surface area is 125 Å². The molecule has 0 spiro atoms. The molecule has 0 saturated carbocycles. The van der Waals surface area contributed by atoms with Crippen molar-refractivity contribution in [1.82, 2.24) is 9.88 Å². The summed E-state index contributed by atoms with van der Waals surface area (Å²) in [4.78, 5) is 19.4. The van der Waals surface area contributed by atoms with E-state index in [-0.39, 0.29) is 17.5 Å². The standard InChI is InChI=1S/C15H24N4O2/c1-10-13(15(2,3)4)19(14(20)21)8-7-18(10)11-5-6-12(16)17-9-11/h5-6,9-10,13H,7-8H2,1-4H3,(H2,16,17)(H,20,21)/t10-,13?/m0/s1. The van der Waals surface area contributed by atoms with Crippen LogP contribution < -0.4 is 10.6 Å². The largest absolute Gasteiger partial charge is 0.465 e. The first-order valence-electron chi connectivity index (χ1n) is 7.19. The fourth-order valence-electron chi connectivity index (χ4n) is 3.33. The number of piperazine rings is 1. The van der Waals surface area contributed by atoms with Gasteiger partial charge in [-0.2, -0.15) is 0 Å². The number of nitrogen functional groups attached to an aromatic ring is 1. The van der Waals surface area contributed by atoms with Crippen LogP contribution in [0.1, 0.15) is 27.7 Å². The summed E-state index contributed by atoms with van der Waals surface area (Å²) in [5.74, 6) is 0.489. The first-order valence-corrected chi connectivity index (χ1v) is 7.19. The van der Waals surface area contributed by atoms with Gasteiger partial charge in [0.25, 0.3) is 0 Å². The van der Waals surface area contributed by atoms with Crippen LogP contribution in [-0.4, -0.2) is 46.3 Å². The molecule has 1 aromatic heterocycles. The molecule has 1 aromatic rings. The van der Waals surface area contributed by atoms with E-state index in [1.54, 1.807) is 17.2 Å². The Morgan fingerprint density at radius 1 is 1.38 bits per heavy atom. The molecule has 2 rings (SSSR count). The van der Waals surface area contributed by atoms with Crippen molar-refractivity contribution in [2.24, 2.45) is 5.41 Å². The Balaban J connectivity index is 2.32. The number of hydrogen-bond donors (Lipinski definition) is 2. The first-order chi connectivity index (χ1) is 9.71. The molecule has 21 heavy (non-hydrogen) atoms. The van der Waals surface area contributed by atoms with Gasteiger partial charge in [0.05, 0.1) is 17.9 Å². The lowest BCUT2D eigenvalue weighted by molar-refractivity contribution is 0.0564. The molecule has 0 bridgehead atoms. The van der Waals surface area contributed by atoms with E-state index in [9.17, 15) is 9.90 Å². The number of carbonyl (C=O) groups is 1. The maximum atomic E-state index is 11.5. The summed E-state index contributed by atoms with van der Waals surface area (Å²) >= 11 is 0. The van der Waals surface area contributed by atoms with Gasteiger partial charge >= 0.3 is 6.09 Å². The Bertz CT molecular complexity index is 509. The number of nitrogens with two attached hydrogens (primary N) is 1. The molecular formula is C15H24N4O2. The van der Waals surface area contributed by atoms with Gasteiger partial charge in [0.15, 0.2) is 0 Å². The summed E-state index contributed by atoms with van der Waals surface area (Å²) in [6.07, 6.45) is 0.902. The topological polar surface area (TPSA) is 82.7 Å². The van der Waals surface area contributed by atoms with Crippen LogP contribution in [0.25, 0.3) is 0 Å². The number of rotatable bonds is 1. The summed E-state index contributed by atoms with van der Waals surface area (Å²) < 4.78 is 0. The minimum absolute atomic E-state index is 0.0697. The van der Waals surface area contributed by atoms with Crippen molar-refractivity contribution >= 4 is 17.6 Å². The summed E-state index contributed by atoms with van der Waals surface area (Å²) in [7, 11) is 0. The maximum absolute atomic E-state index is 11.5. The molecule has 1 saturated heterocycles. The van der Waals surface area contributed by atoms with Crippen LogP contribution in [0.15, 0.2) is 18.3 Å². The second-order valence-electron chi connectivity index (χ2n) is 6.66. The lowest BCUT2D eigenvalue weighted by Gasteiger charge is -2.51. The molecule has 0 radical (unpaired) electrons. The lowest BCUT2D eigenvalue weighted by Crippen LogP contribution is -2.64. The number of hydrogen-bond acceptors (Lipinski definition) is 4. The van der Waals surface area contributed by atoms with Crippen molar-refractivity contribution in [2.45, 2.75) is 39.8 Å². The molecule has 0 aromatic carbocycles. The van der Waals surface area contributed by atoms with E-state index in [2.05, 4.69) is 37.6 Å². The van der Waals surface area contributed by atoms with Gasteiger partial charge in [0.1, 0.15) is 5.82 Å². The van der Waals surface area contributed by atoms with Crippen LogP contribution in [0.2, 0.25) is 0 Å². The molecule has 2 atom stereocenters. The van der Waals surface area contributed by atoms with Crippen molar-refractivity contribution in [2.75, 3.05) is 23.7 Å². The summed E-state index contributed by atoms with van der Waals surface area (Å²) in [5, 5.41) is 9.46. The number of aromatic nitrogens is 1. The molecule has 1 unspecified atom stereocenters. The van der Waals surface area contributed by atoms with Gasteiger partial charge in [0, 0.05) is 19.1 Å². The molecule has 6 heteroatoms. The monoisotopic (exact) mass is 292 g/mol. The highest BCUT2D eigenvalue weighted by atomic mass is 16.4. The molecular weight excluding hydrogens is 268 g/mol. The van der Waals surface area contributed by atoms with Crippen molar-refractivity contribution in [3.63, 3.8) is 0 Å². The SMILES string of the molecule is C[C@H]1C(C(C)(C)C)N(C(=O)O)CCN1c1ccc(N)nc1. The Morgan fingerprint density at radius 2 is 2.05 bits per heavy atom. The summed E-state index contributed by atoms with van der Waals surface area (Å²) in [6.45, 7) is 9.46. The van der Waals surface area contributed by atoms with Gasteiger partial charge in [-0.1, -0.05) is 20.8 Å². The second-order valence-corrected chi connectivity index (χ2v) is 6.66. The third-order valence-corrected chi connectivity index (χ3v) is 4.10. The van der Waals surface area contributed by atoms with Gasteiger partial charge < -0.3 is 20.6 Å². The normalized spacial score (nSPS) is 23.2. The van der Waals surface area contributed by atoms with Crippen molar-refractivity contribution in [1.29, 1.82) is 0 Å². The number of nitrogens with zero attached hydrogens (tertiary/aromatic N) is 3. The molecule has 1 amide bonds. The van der Waals surface area contributed by atoms with Crippen LogP contribution in [-0.2, 0) is 0 Å². The zero-order valence-electron chi connectivity index (χ0n) is 13.1. The highest BCUT2D eigenvalue weighted by Gasteiger charge is 2.43. The van der Waals surface area contributed by atoms with Crippen LogP contribution >= 0.6 is 0 Å². The third-order valence-electron chi connectivity index (χ3n) is 4.10. The van der Waals surface area contributed by atoms with E-state index in [1.807, 2.05) is 6.07 Å². The summed E-state index contributed by atoms with van der Waals surface area (Å²) in [5.41, 5.74) is 6.47. The fraction of sp³-hybridized carbons (Fsp3) is 0.600. The highest BCUT2D eigenvalue weighted by Crippen LogP contribution is 2.34. The van der Waals surface area contributed by atoms with E-state index in [4.69, 9.17) is 5.73 Å². The molecule has 2 heterocycles. The zero-order valence-corrected chi connectivity index (χ0v) is 13.1. The average Bonchev–Trinajstić information content (AvgIpc) is 2.38. The number of amides is 1. The van der Waals surface area contributed by atoms with E-state index >= 15 is 0 Å². The van der Waals surface area contributed by atoms with Gasteiger partial charge in [-0.15, -0.1) is 0 Å². The van der Waals surface area contributed by atoms with Gasteiger partial charge in [-0.3, -0.25) is 0 Å². The smallest absolute Gasteiger partial charge is 0.407 e. The number of carboxylic acid groups (broad SMARTS) is 1. The zero-order chi connectivity index (χ0) is 15.8. The molecule has 116 valence electrons. The van der Waals surface area contributed by atoms with E-state index in [1.165, 1.54) is 0 Å². The van der Waals surface area contributed by atoms with Crippen molar-refractivity contribution < 1.29 is 9.90 Å². The van der Waals surface area contributed by atoms with Gasteiger partial charge in [-0.05, 0) is 24.5 Å². The minimum Gasteiger partial charge on any atom is -0.465 e. The maximum Gasteiger partial charge on any atom is 0.407 e. The predicted molar refractivity (Wildman–Crippen MR) is 83.4 cm³/mol. The average molecular weight is 292 g/mol. The summed E-state index contributed by atoms with van der Waals surface area (Å²) in [6, 6.07) is 3.70. The Kier molecular flexibility index (Phi) is 3.98. The van der Waals surface area contributed by atoms with Crippen LogP contribution in [0, 0.1) is 5.41 Å². The first kappa shape index (κ1) is 15.4. The Hall–Kier alpha value is -1.98. The van der Waals surface area contributed by atoms with Crippen molar-refractivity contribution in [3.8, 4) is 0 Å². The second kappa shape index (κ2) is 5.42. The number of pyridine rings is 1. The molecule has 1 fully saturated rings. The van der Waals surface area contributed by atoms with Crippen LogP contribution in [0.5, 0.6) is 0 Å². The van der Waals surface area contributed by atoms with Crippen molar-refractivity contribution in [3.05, 3.63) is 18.3 Å². The lowest BCUT2D eigenvalue weighted by atomic mass is 9.80. The molecule has 6 nitrogen and oxygen atoms in total. The quantitative estimate of drug-likeness (QED) is 0.829. The Morgan fingerprint density at radius 3 is 2.52 bits per heavy atom. The van der Waals surface area contributed by atoms with Crippen LogP contribution in [0.3, 0.4) is 0 Å². The highest BCUT2D eigenvalue weighted by molar-refractivity contribution is 5.66. The van der Waals surface area contributed by atoms with Gasteiger partial charge in [-0.25, -0.2) is 9.78 Å². The molecule has 0 aliphatic carbocycles. The third kappa shape index (κ3) is 3.04. The van der Waals surface area contributed by atoms with E-state index < -0.39 is 6.09 Å².